The Morgan fingerprint density at radius 3 is 2.40 bits per heavy atom. The first kappa shape index (κ1) is 30.6. The van der Waals surface area contributed by atoms with Crippen LogP contribution in [0.25, 0.3) is 0 Å². The third-order valence-corrected chi connectivity index (χ3v) is 9.85. The van der Waals surface area contributed by atoms with Crippen molar-refractivity contribution in [3.63, 3.8) is 0 Å². The van der Waals surface area contributed by atoms with Crippen LogP contribution in [0.3, 0.4) is 0 Å². The summed E-state index contributed by atoms with van der Waals surface area (Å²) < 4.78 is 30.3. The topological polar surface area (TPSA) is 86.7 Å². The van der Waals surface area contributed by atoms with E-state index in [1.807, 2.05) is 19.9 Å². The van der Waals surface area contributed by atoms with Gasteiger partial charge in [0, 0.05) is 31.4 Å². The number of likely N-dealkylation sites (tertiary alicyclic amines) is 2. The van der Waals surface area contributed by atoms with E-state index in [0.717, 1.165) is 31.5 Å². The number of halogens is 2. The molecule has 3 heterocycles. The smallest absolute Gasteiger partial charge is 0.260 e. The number of benzene rings is 1. The number of nitrogens with zero attached hydrogens (tertiary/aromatic N) is 3. The molecule has 2 unspecified atom stereocenters. The maximum Gasteiger partial charge on any atom is 0.260 e. The zero-order valence-corrected chi connectivity index (χ0v) is 26.0. The molecule has 3 aliphatic rings. The second kappa shape index (κ2) is 11.7. The molecule has 11 heteroatoms. The Morgan fingerprint density at radius 2 is 1.76 bits per heavy atom. The van der Waals surface area contributed by atoms with Gasteiger partial charge in [0.05, 0.1) is 22.8 Å². The number of pyridine rings is 1. The number of rotatable bonds is 8. The largest absolute Gasteiger partial charge is 0.381 e. The Balaban J connectivity index is 1.45. The predicted molar refractivity (Wildman–Crippen MR) is 164 cm³/mol. The van der Waals surface area contributed by atoms with E-state index in [9.17, 15) is 23.2 Å². The van der Waals surface area contributed by atoms with Gasteiger partial charge in [0.25, 0.3) is 17.4 Å². The maximum absolute atomic E-state index is 14.6. The third kappa shape index (κ3) is 6.11. The van der Waals surface area contributed by atoms with Gasteiger partial charge in [-0.2, -0.15) is 0 Å². The fourth-order valence-corrected chi connectivity index (χ4v) is 6.90. The molecule has 1 aromatic heterocycles. The van der Waals surface area contributed by atoms with Crippen LogP contribution < -0.4 is 21.5 Å². The molecule has 2 aliphatic heterocycles. The van der Waals surface area contributed by atoms with E-state index >= 15 is 0 Å². The number of amides is 2. The summed E-state index contributed by atoms with van der Waals surface area (Å²) in [6, 6.07) is 6.51. The molecule has 0 bridgehead atoms. The van der Waals surface area contributed by atoms with E-state index in [1.54, 1.807) is 18.3 Å². The summed E-state index contributed by atoms with van der Waals surface area (Å²) in [7, 11) is 4.66. The van der Waals surface area contributed by atoms with Gasteiger partial charge in [-0.25, -0.2) is 8.78 Å². The van der Waals surface area contributed by atoms with Gasteiger partial charge in [-0.1, -0.05) is 18.2 Å². The van der Waals surface area contributed by atoms with Crippen molar-refractivity contribution in [3.05, 3.63) is 57.5 Å². The van der Waals surface area contributed by atoms with Crippen LogP contribution in [-0.4, -0.2) is 71.1 Å². The summed E-state index contributed by atoms with van der Waals surface area (Å²) in [5.41, 5.74) is -0.739. The summed E-state index contributed by atoms with van der Waals surface area (Å²) in [6.45, 7) is 7.56. The molecule has 1 aromatic carbocycles. The molecule has 2 aromatic rings. The molecule has 1 aliphatic carbocycles. The van der Waals surface area contributed by atoms with Crippen LogP contribution in [-0.2, 0) is 10.3 Å². The molecule has 0 spiro atoms. The van der Waals surface area contributed by atoms with Crippen molar-refractivity contribution in [1.82, 2.24) is 19.7 Å². The van der Waals surface area contributed by atoms with Crippen LogP contribution in [0.4, 0.5) is 14.5 Å². The van der Waals surface area contributed by atoms with E-state index < -0.39 is 29.3 Å². The van der Waals surface area contributed by atoms with Crippen LogP contribution in [0.1, 0.15) is 86.6 Å². The molecule has 1 saturated carbocycles. The standard InChI is InChI=1S/C31H42F2N5O3P/c1-19(32)22-6-5-7-23(27(22)42)20(2)34-28(40)24-17-38(26(39)16-25(24)35-21-8-13-36(4)14-9-21)30(3)12-15-37(18-30)29(41)31(33)10-11-31/h5-7,16-17,19-21,35H,8-15,18,42H2,1-4H3,(H,34,40)/t19?,20-,30+/m1/s1. The number of alkyl halides is 2. The molecule has 42 heavy (non-hydrogen) atoms. The minimum Gasteiger partial charge on any atom is -0.381 e. The normalized spacial score (nSPS) is 23.8. The molecule has 2 saturated heterocycles. The number of hydrogen-bond donors (Lipinski definition) is 2. The van der Waals surface area contributed by atoms with Crippen molar-refractivity contribution in [1.29, 1.82) is 0 Å². The zero-order valence-electron chi connectivity index (χ0n) is 24.9. The third-order valence-electron chi connectivity index (χ3n) is 9.19. The van der Waals surface area contributed by atoms with Gasteiger partial charge >= 0.3 is 0 Å². The SMILES string of the molecule is CC(F)c1cccc([C@@H](C)NC(=O)c2cn([C@@]3(C)CCN(C(=O)C4(F)CC4)C3)c(=O)cc2NC2CCN(C)CC2)c1P. The minimum atomic E-state index is -1.77. The molecule has 5 rings (SSSR count). The molecule has 2 amide bonds. The van der Waals surface area contributed by atoms with E-state index in [-0.39, 0.29) is 36.9 Å². The number of anilines is 1. The number of piperidine rings is 1. The summed E-state index contributed by atoms with van der Waals surface area (Å²) in [6.07, 6.45) is 3.13. The van der Waals surface area contributed by atoms with E-state index in [1.165, 1.54) is 22.5 Å². The highest BCUT2D eigenvalue weighted by Gasteiger charge is 2.54. The molecular formula is C31H42F2N5O3P. The van der Waals surface area contributed by atoms with Gasteiger partial charge in [-0.15, -0.1) is 9.24 Å². The van der Waals surface area contributed by atoms with Crippen molar-refractivity contribution in [3.8, 4) is 0 Å². The van der Waals surface area contributed by atoms with E-state index in [4.69, 9.17) is 0 Å². The van der Waals surface area contributed by atoms with Crippen LogP contribution in [0, 0.1) is 0 Å². The van der Waals surface area contributed by atoms with E-state index in [2.05, 4.69) is 31.8 Å². The highest BCUT2D eigenvalue weighted by Crippen LogP contribution is 2.43. The average Bonchev–Trinajstić information content (AvgIpc) is 3.57. The van der Waals surface area contributed by atoms with Crippen molar-refractivity contribution in [2.75, 3.05) is 38.5 Å². The summed E-state index contributed by atoms with van der Waals surface area (Å²) in [5, 5.41) is 7.22. The lowest BCUT2D eigenvalue weighted by Crippen LogP contribution is -2.44. The van der Waals surface area contributed by atoms with Crippen molar-refractivity contribution < 1.29 is 18.4 Å². The van der Waals surface area contributed by atoms with Gasteiger partial charge < -0.3 is 25.0 Å². The number of nitrogens with one attached hydrogen (secondary N) is 2. The Morgan fingerprint density at radius 1 is 1.10 bits per heavy atom. The van der Waals surface area contributed by atoms with E-state index in [0.29, 0.717) is 35.1 Å². The summed E-state index contributed by atoms with van der Waals surface area (Å²) in [5.74, 6) is -0.880. The Bertz CT molecular complexity index is 1420. The van der Waals surface area contributed by atoms with Crippen molar-refractivity contribution in [2.24, 2.45) is 0 Å². The second-order valence-electron chi connectivity index (χ2n) is 12.6. The highest BCUT2D eigenvalue weighted by atomic mass is 31.0. The number of carbonyl (C=O) groups excluding carboxylic acids is 2. The molecule has 8 nitrogen and oxygen atoms in total. The second-order valence-corrected chi connectivity index (χ2v) is 13.2. The lowest BCUT2D eigenvalue weighted by molar-refractivity contribution is -0.137. The number of carbonyl (C=O) groups is 2. The Hall–Kier alpha value is -2.84. The van der Waals surface area contributed by atoms with Crippen LogP contribution in [0.15, 0.2) is 35.3 Å². The van der Waals surface area contributed by atoms with Gasteiger partial charge in [-0.05, 0) is 89.4 Å². The lowest BCUT2D eigenvalue weighted by Gasteiger charge is -2.32. The van der Waals surface area contributed by atoms with Gasteiger partial charge in [0.1, 0.15) is 6.17 Å². The lowest BCUT2D eigenvalue weighted by atomic mass is 9.99. The number of hydrogen-bond acceptors (Lipinski definition) is 5. The molecule has 0 radical (unpaired) electrons. The van der Waals surface area contributed by atoms with Crippen LogP contribution in [0.5, 0.6) is 0 Å². The number of aromatic nitrogens is 1. The fourth-order valence-electron chi connectivity index (χ4n) is 6.23. The molecule has 4 atom stereocenters. The minimum absolute atomic E-state index is 0.108. The van der Waals surface area contributed by atoms with Crippen LogP contribution >= 0.6 is 9.24 Å². The van der Waals surface area contributed by atoms with Crippen molar-refractivity contribution in [2.45, 2.75) is 82.3 Å². The summed E-state index contributed by atoms with van der Waals surface area (Å²) >= 11 is 0. The molecule has 228 valence electrons. The van der Waals surface area contributed by atoms with Gasteiger partial charge in [-0.3, -0.25) is 14.4 Å². The summed E-state index contributed by atoms with van der Waals surface area (Å²) in [4.78, 5) is 43.9. The van der Waals surface area contributed by atoms with Gasteiger partial charge in [0.2, 0.25) is 0 Å². The Kier molecular flexibility index (Phi) is 8.52. The Labute approximate surface area is 248 Å². The maximum atomic E-state index is 14.6. The quantitative estimate of drug-likeness (QED) is 0.450. The van der Waals surface area contributed by atoms with Crippen LogP contribution in [0.2, 0.25) is 0 Å². The molecular weight excluding hydrogens is 559 g/mol. The highest BCUT2D eigenvalue weighted by molar-refractivity contribution is 7.27. The molecule has 3 fully saturated rings. The molecule has 2 N–H and O–H groups in total. The fraction of sp³-hybridized carbons (Fsp3) is 0.581. The average molecular weight is 602 g/mol. The predicted octanol–water partition coefficient (Wildman–Crippen LogP) is 3.83. The van der Waals surface area contributed by atoms with Gasteiger partial charge in [0.15, 0.2) is 5.67 Å². The monoisotopic (exact) mass is 601 g/mol. The zero-order chi connectivity index (χ0) is 30.4. The first-order chi connectivity index (χ1) is 19.8. The first-order valence-corrected chi connectivity index (χ1v) is 15.4. The van der Waals surface area contributed by atoms with Crippen molar-refractivity contribution >= 4 is 32.0 Å². The first-order valence-electron chi connectivity index (χ1n) is 14.8.